The van der Waals surface area contributed by atoms with Crippen LogP contribution in [0.2, 0.25) is 0 Å². The number of carbonyl (C=O) groups excluding carboxylic acids is 3. The predicted molar refractivity (Wildman–Crippen MR) is 147 cm³/mol. The fourth-order valence-corrected chi connectivity index (χ4v) is 6.72. The number of nitrogens with zero attached hydrogens (tertiary/aromatic N) is 1. The average molecular weight is 515 g/mol. The van der Waals surface area contributed by atoms with Crippen LogP contribution in [-0.4, -0.2) is 29.6 Å². The van der Waals surface area contributed by atoms with Gasteiger partial charge in [0.05, 0.1) is 17.5 Å². The third-order valence-corrected chi connectivity index (χ3v) is 8.29. The Hall–Kier alpha value is -4.84. The first-order chi connectivity index (χ1) is 19.0. The van der Waals surface area contributed by atoms with Crippen molar-refractivity contribution < 1.29 is 18.8 Å². The van der Waals surface area contributed by atoms with Crippen LogP contribution in [0.5, 0.6) is 0 Å². The van der Waals surface area contributed by atoms with Gasteiger partial charge in [0, 0.05) is 16.9 Å². The third-order valence-electron chi connectivity index (χ3n) is 8.29. The highest BCUT2D eigenvalue weighted by Crippen LogP contribution is 2.58. The summed E-state index contributed by atoms with van der Waals surface area (Å²) < 4.78 is 15.1. The number of Topliss-reactive ketones (excluding diaryl/α,β-unsaturated/α-hetero) is 2. The van der Waals surface area contributed by atoms with E-state index in [1.165, 1.54) is 18.2 Å². The molecule has 1 fully saturated rings. The van der Waals surface area contributed by atoms with Crippen molar-refractivity contribution in [2.24, 2.45) is 5.92 Å². The molecular formula is C33H23FN2O3. The van der Waals surface area contributed by atoms with Gasteiger partial charge in [0.15, 0.2) is 11.6 Å². The van der Waals surface area contributed by atoms with Crippen LogP contribution in [0.15, 0.2) is 109 Å². The zero-order valence-corrected chi connectivity index (χ0v) is 20.8. The lowest BCUT2D eigenvalue weighted by Crippen LogP contribution is -2.51. The van der Waals surface area contributed by atoms with Gasteiger partial charge in [-0.25, -0.2) is 4.39 Å². The van der Waals surface area contributed by atoms with E-state index in [9.17, 15) is 14.4 Å². The molecule has 5 nitrogen and oxygen atoms in total. The summed E-state index contributed by atoms with van der Waals surface area (Å²) in [5, 5.41) is 3.00. The number of benzene rings is 4. The number of rotatable bonds is 4. The molecule has 4 aromatic carbocycles. The Morgan fingerprint density at radius 1 is 0.795 bits per heavy atom. The topological polar surface area (TPSA) is 66.5 Å². The third kappa shape index (κ3) is 3.15. The minimum Gasteiger partial charge on any atom is -0.352 e. The summed E-state index contributed by atoms with van der Waals surface area (Å²) in [5.74, 6) is -3.01. The molecular weight excluding hydrogens is 491 g/mol. The molecule has 1 N–H and O–H groups in total. The maximum absolute atomic E-state index is 15.1. The molecule has 4 atom stereocenters. The molecule has 3 aliphatic rings. The summed E-state index contributed by atoms with van der Waals surface area (Å²) in [6, 6.07) is 27.6. The maximum Gasteiger partial charge on any atom is 0.238 e. The van der Waals surface area contributed by atoms with Gasteiger partial charge in [-0.15, -0.1) is 0 Å². The van der Waals surface area contributed by atoms with E-state index in [0.717, 1.165) is 11.3 Å². The van der Waals surface area contributed by atoms with Crippen molar-refractivity contribution in [1.82, 2.24) is 0 Å². The number of nitrogens with one attached hydrogen (secondary N) is 1. The minimum atomic E-state index is -1.42. The highest BCUT2D eigenvalue weighted by molar-refractivity contribution is 6.18. The van der Waals surface area contributed by atoms with E-state index >= 15 is 4.39 Å². The SMILES string of the molecule is O=C(c1ccccc1F)[C@@H]1[C@H](C(=O)c2ccccc2)[C@]2(C(=O)Nc3ccccc32)[C@@H]2C=Cc3ccccc3N12. The summed E-state index contributed by atoms with van der Waals surface area (Å²) >= 11 is 0. The molecule has 1 amide bonds. The zero-order chi connectivity index (χ0) is 26.7. The highest BCUT2D eigenvalue weighted by Gasteiger charge is 2.70. The summed E-state index contributed by atoms with van der Waals surface area (Å²) in [5.41, 5.74) is 1.71. The van der Waals surface area contributed by atoms with Gasteiger partial charge in [-0.2, -0.15) is 0 Å². The first-order valence-electron chi connectivity index (χ1n) is 12.9. The van der Waals surface area contributed by atoms with E-state index in [1.807, 2.05) is 71.6 Å². The molecule has 0 radical (unpaired) electrons. The molecule has 3 heterocycles. The van der Waals surface area contributed by atoms with E-state index in [1.54, 1.807) is 30.3 Å². The van der Waals surface area contributed by atoms with Crippen molar-refractivity contribution in [1.29, 1.82) is 0 Å². The van der Waals surface area contributed by atoms with Crippen LogP contribution in [0, 0.1) is 11.7 Å². The molecule has 1 spiro atoms. The van der Waals surface area contributed by atoms with Gasteiger partial charge in [0.1, 0.15) is 17.3 Å². The Balaban J connectivity index is 1.55. The van der Waals surface area contributed by atoms with E-state index < -0.39 is 35.0 Å². The van der Waals surface area contributed by atoms with Crippen molar-refractivity contribution in [3.05, 3.63) is 137 Å². The monoisotopic (exact) mass is 514 g/mol. The van der Waals surface area contributed by atoms with Crippen LogP contribution < -0.4 is 10.2 Å². The summed E-state index contributed by atoms with van der Waals surface area (Å²) in [6.07, 6.45) is 3.84. The second-order valence-electron chi connectivity index (χ2n) is 10.1. The van der Waals surface area contributed by atoms with Gasteiger partial charge in [-0.05, 0) is 35.4 Å². The molecule has 0 aromatic heterocycles. The van der Waals surface area contributed by atoms with Crippen molar-refractivity contribution in [2.45, 2.75) is 17.5 Å². The molecule has 1 saturated heterocycles. The Kier molecular flexibility index (Phi) is 5.13. The van der Waals surface area contributed by atoms with Crippen LogP contribution >= 0.6 is 0 Å². The Labute approximate surface area is 224 Å². The van der Waals surface area contributed by atoms with Crippen LogP contribution in [0.3, 0.4) is 0 Å². The van der Waals surface area contributed by atoms with Crippen molar-refractivity contribution in [3.63, 3.8) is 0 Å². The molecule has 7 rings (SSSR count). The number of para-hydroxylation sites is 2. The molecule has 39 heavy (non-hydrogen) atoms. The lowest BCUT2D eigenvalue weighted by Gasteiger charge is -2.37. The number of fused-ring (bicyclic) bond motifs is 6. The number of carbonyl (C=O) groups is 3. The van der Waals surface area contributed by atoms with Gasteiger partial charge in [0.2, 0.25) is 5.91 Å². The standard InChI is InChI=1S/C33H23FN2O3/c34-24-15-7-5-13-22(24)31(38)29-28(30(37)21-11-2-1-3-12-21)33(23-14-6-8-16-25(23)35-32(33)39)27-19-18-20-10-4-9-17-26(20)36(27)29/h1-19,27-29H,(H,35,39)/t27-,28+,29-,33+/m0/s1. The van der Waals surface area contributed by atoms with Gasteiger partial charge in [0.25, 0.3) is 0 Å². The Morgan fingerprint density at radius 2 is 1.49 bits per heavy atom. The Morgan fingerprint density at radius 3 is 2.31 bits per heavy atom. The highest BCUT2D eigenvalue weighted by atomic mass is 19.1. The first-order valence-corrected chi connectivity index (χ1v) is 12.9. The van der Waals surface area contributed by atoms with Crippen molar-refractivity contribution in [2.75, 3.05) is 10.2 Å². The number of anilines is 2. The molecule has 6 heteroatoms. The summed E-state index contributed by atoms with van der Waals surface area (Å²) in [4.78, 5) is 45.1. The first kappa shape index (κ1) is 23.3. The van der Waals surface area contributed by atoms with Crippen molar-refractivity contribution >= 4 is 34.9 Å². The largest absolute Gasteiger partial charge is 0.352 e. The molecule has 0 bridgehead atoms. The van der Waals surface area contributed by atoms with Crippen LogP contribution in [0.25, 0.3) is 6.08 Å². The number of hydrogen-bond acceptors (Lipinski definition) is 4. The van der Waals surface area contributed by atoms with Gasteiger partial charge >= 0.3 is 0 Å². The molecule has 0 aliphatic carbocycles. The van der Waals surface area contributed by atoms with Crippen LogP contribution in [-0.2, 0) is 10.2 Å². The lowest BCUT2D eigenvalue weighted by molar-refractivity contribution is -0.121. The molecule has 3 aliphatic heterocycles. The summed E-state index contributed by atoms with van der Waals surface area (Å²) in [6.45, 7) is 0. The van der Waals surface area contributed by atoms with E-state index in [4.69, 9.17) is 0 Å². The average Bonchev–Trinajstić information content (AvgIpc) is 3.45. The summed E-state index contributed by atoms with van der Waals surface area (Å²) in [7, 11) is 0. The van der Waals surface area contributed by atoms with E-state index in [2.05, 4.69) is 5.32 Å². The predicted octanol–water partition coefficient (Wildman–Crippen LogP) is 5.68. The van der Waals surface area contributed by atoms with Crippen molar-refractivity contribution in [3.8, 4) is 0 Å². The number of amides is 1. The molecule has 190 valence electrons. The zero-order valence-electron chi connectivity index (χ0n) is 20.8. The number of hydrogen-bond donors (Lipinski definition) is 1. The molecule has 0 saturated carbocycles. The molecule has 4 aromatic rings. The van der Waals surface area contributed by atoms with Gasteiger partial charge in [-0.3, -0.25) is 14.4 Å². The fraction of sp³-hybridized carbons (Fsp3) is 0.121. The van der Waals surface area contributed by atoms with Crippen LogP contribution in [0.1, 0.15) is 31.8 Å². The number of halogens is 1. The lowest BCUT2D eigenvalue weighted by atomic mass is 9.64. The Bertz CT molecular complexity index is 1700. The maximum atomic E-state index is 15.1. The molecule has 0 unspecified atom stereocenters. The van der Waals surface area contributed by atoms with E-state index in [-0.39, 0.29) is 17.3 Å². The second kappa shape index (κ2) is 8.60. The quantitative estimate of drug-likeness (QED) is 0.356. The van der Waals surface area contributed by atoms with Crippen LogP contribution in [0.4, 0.5) is 15.8 Å². The van der Waals surface area contributed by atoms with E-state index in [0.29, 0.717) is 16.8 Å². The van der Waals surface area contributed by atoms with Gasteiger partial charge in [-0.1, -0.05) is 91.0 Å². The number of ketones is 2. The van der Waals surface area contributed by atoms with Gasteiger partial charge < -0.3 is 10.2 Å². The normalized spacial score (nSPS) is 24.2. The minimum absolute atomic E-state index is 0.108. The smallest absolute Gasteiger partial charge is 0.238 e. The second-order valence-corrected chi connectivity index (χ2v) is 10.1. The fourth-order valence-electron chi connectivity index (χ4n) is 6.72.